The van der Waals surface area contributed by atoms with Crippen LogP contribution in [0.25, 0.3) is 0 Å². The molecule has 1 rings (SSSR count). The Kier molecular flexibility index (Phi) is 3.87. The lowest BCUT2D eigenvalue weighted by Gasteiger charge is -2.14. The molecule has 1 atom stereocenters. The van der Waals surface area contributed by atoms with Crippen LogP contribution in [-0.4, -0.2) is 19.3 Å². The van der Waals surface area contributed by atoms with E-state index < -0.39 is 0 Å². The van der Waals surface area contributed by atoms with Crippen LogP contribution < -0.4 is 5.73 Å². The normalized spacial score (nSPS) is 22.4. The van der Waals surface area contributed by atoms with Gasteiger partial charge < -0.3 is 10.5 Å². The van der Waals surface area contributed by atoms with Crippen LogP contribution >= 0.6 is 0 Å². The van der Waals surface area contributed by atoms with Crippen molar-refractivity contribution < 1.29 is 4.74 Å². The van der Waals surface area contributed by atoms with Gasteiger partial charge in [0, 0.05) is 0 Å². The van der Waals surface area contributed by atoms with E-state index in [1.807, 2.05) is 0 Å². The van der Waals surface area contributed by atoms with Crippen molar-refractivity contribution in [3.8, 4) is 0 Å². The zero-order valence-electron chi connectivity index (χ0n) is 7.38. The molecule has 0 saturated heterocycles. The maximum atomic E-state index is 5.68. The van der Waals surface area contributed by atoms with Gasteiger partial charge in [-0.25, -0.2) is 0 Å². The number of hydrogen-bond acceptors (Lipinski definition) is 2. The van der Waals surface area contributed by atoms with E-state index in [0.717, 1.165) is 13.2 Å². The van der Waals surface area contributed by atoms with Gasteiger partial charge in [0.15, 0.2) is 0 Å². The topological polar surface area (TPSA) is 35.2 Å². The average molecular weight is 157 g/mol. The second-order valence-corrected chi connectivity index (χ2v) is 3.58. The van der Waals surface area contributed by atoms with Gasteiger partial charge in [-0.2, -0.15) is 0 Å². The van der Waals surface area contributed by atoms with Crippen molar-refractivity contribution in [2.45, 2.75) is 38.7 Å². The monoisotopic (exact) mass is 157 g/mol. The molecule has 0 spiro atoms. The van der Waals surface area contributed by atoms with Gasteiger partial charge in [0.2, 0.25) is 0 Å². The summed E-state index contributed by atoms with van der Waals surface area (Å²) < 4.78 is 5.68. The first-order valence-corrected chi connectivity index (χ1v) is 4.64. The summed E-state index contributed by atoms with van der Waals surface area (Å²) in [4.78, 5) is 0. The van der Waals surface area contributed by atoms with Crippen molar-refractivity contribution in [3.05, 3.63) is 0 Å². The van der Waals surface area contributed by atoms with Crippen molar-refractivity contribution >= 4 is 0 Å². The summed E-state index contributed by atoms with van der Waals surface area (Å²) in [5.41, 5.74) is 5.48. The summed E-state index contributed by atoms with van der Waals surface area (Å²) in [7, 11) is 0. The Labute approximate surface area is 69.1 Å². The van der Waals surface area contributed by atoms with Crippen LogP contribution in [-0.2, 0) is 4.74 Å². The number of rotatable bonds is 4. The van der Waals surface area contributed by atoms with Crippen LogP contribution in [0, 0.1) is 5.92 Å². The van der Waals surface area contributed by atoms with Gasteiger partial charge in [0.1, 0.15) is 0 Å². The molecular formula is C9H19NO. The maximum absolute atomic E-state index is 5.68. The van der Waals surface area contributed by atoms with E-state index in [1.54, 1.807) is 0 Å². The fraction of sp³-hybridized carbons (Fsp3) is 1.00. The summed E-state index contributed by atoms with van der Waals surface area (Å²) >= 11 is 0. The van der Waals surface area contributed by atoms with Gasteiger partial charge in [-0.3, -0.25) is 0 Å². The molecule has 66 valence electrons. The summed E-state index contributed by atoms with van der Waals surface area (Å²) in [6.45, 7) is 3.73. The fourth-order valence-electron chi connectivity index (χ4n) is 1.42. The molecule has 2 heteroatoms. The van der Waals surface area contributed by atoms with Gasteiger partial charge in [-0.05, 0) is 25.3 Å². The molecule has 0 aromatic carbocycles. The first-order chi connectivity index (χ1) is 5.33. The zero-order chi connectivity index (χ0) is 8.10. The highest BCUT2D eigenvalue weighted by Gasteiger charge is 2.15. The van der Waals surface area contributed by atoms with Crippen molar-refractivity contribution in [3.63, 3.8) is 0 Å². The van der Waals surface area contributed by atoms with Gasteiger partial charge in [-0.15, -0.1) is 0 Å². The highest BCUT2D eigenvalue weighted by molar-refractivity contribution is 4.67. The fourth-order valence-corrected chi connectivity index (χ4v) is 1.42. The first kappa shape index (κ1) is 9.01. The quantitative estimate of drug-likeness (QED) is 0.672. The summed E-state index contributed by atoms with van der Waals surface area (Å²) in [5.74, 6) is 0.524. The third-order valence-electron chi connectivity index (χ3n) is 2.32. The second kappa shape index (κ2) is 4.73. The predicted octanol–water partition coefficient (Wildman–Crippen LogP) is 1.54. The van der Waals surface area contributed by atoms with Gasteiger partial charge >= 0.3 is 0 Å². The molecule has 11 heavy (non-hydrogen) atoms. The maximum Gasteiger partial charge on any atom is 0.0575 e. The molecule has 1 fully saturated rings. The highest BCUT2D eigenvalue weighted by Crippen LogP contribution is 2.21. The van der Waals surface area contributed by atoms with Crippen LogP contribution in [0.4, 0.5) is 0 Å². The molecule has 0 unspecified atom stereocenters. The highest BCUT2D eigenvalue weighted by atomic mass is 16.5. The molecule has 0 aliphatic heterocycles. The van der Waals surface area contributed by atoms with Crippen molar-refractivity contribution in [2.75, 3.05) is 13.2 Å². The SMILES string of the molecule is C[C@@H](CN)COC1CCCC1. The van der Waals surface area contributed by atoms with Crippen LogP contribution in [0.15, 0.2) is 0 Å². The van der Waals surface area contributed by atoms with Crippen LogP contribution in [0.5, 0.6) is 0 Å². The third kappa shape index (κ3) is 3.21. The largest absolute Gasteiger partial charge is 0.378 e. The van der Waals surface area contributed by atoms with E-state index >= 15 is 0 Å². The molecule has 1 saturated carbocycles. The van der Waals surface area contributed by atoms with E-state index in [2.05, 4.69) is 6.92 Å². The molecule has 2 N–H and O–H groups in total. The average Bonchev–Trinajstić information content (AvgIpc) is 2.52. The van der Waals surface area contributed by atoms with Gasteiger partial charge in [0.25, 0.3) is 0 Å². The molecule has 0 heterocycles. The van der Waals surface area contributed by atoms with E-state index in [4.69, 9.17) is 10.5 Å². The molecule has 0 aromatic heterocycles. The molecule has 0 amide bonds. The molecule has 1 aliphatic carbocycles. The minimum absolute atomic E-state index is 0.524. The van der Waals surface area contributed by atoms with E-state index in [-0.39, 0.29) is 0 Å². The Bertz CT molecular complexity index is 99.7. The third-order valence-corrected chi connectivity index (χ3v) is 2.32. The predicted molar refractivity (Wildman–Crippen MR) is 46.4 cm³/mol. The van der Waals surface area contributed by atoms with E-state index in [9.17, 15) is 0 Å². The summed E-state index contributed by atoms with van der Waals surface area (Å²) in [6.07, 6.45) is 5.77. The van der Waals surface area contributed by atoms with Crippen molar-refractivity contribution in [1.29, 1.82) is 0 Å². The lowest BCUT2D eigenvalue weighted by Crippen LogP contribution is -2.20. The Hall–Kier alpha value is -0.0800. The lowest BCUT2D eigenvalue weighted by molar-refractivity contribution is 0.0389. The number of ether oxygens (including phenoxy) is 1. The van der Waals surface area contributed by atoms with Gasteiger partial charge in [-0.1, -0.05) is 19.8 Å². The Morgan fingerprint density at radius 3 is 2.64 bits per heavy atom. The number of nitrogens with two attached hydrogens (primary N) is 1. The van der Waals surface area contributed by atoms with E-state index in [0.29, 0.717) is 12.0 Å². The van der Waals surface area contributed by atoms with E-state index in [1.165, 1.54) is 25.7 Å². The molecule has 2 nitrogen and oxygen atoms in total. The summed E-state index contributed by atoms with van der Waals surface area (Å²) in [6, 6.07) is 0. The molecule has 0 aromatic rings. The van der Waals surface area contributed by atoms with Crippen molar-refractivity contribution in [2.24, 2.45) is 11.7 Å². The number of hydrogen-bond donors (Lipinski definition) is 1. The van der Waals surface area contributed by atoms with Crippen LogP contribution in [0.2, 0.25) is 0 Å². The van der Waals surface area contributed by atoms with Crippen LogP contribution in [0.1, 0.15) is 32.6 Å². The first-order valence-electron chi connectivity index (χ1n) is 4.64. The Morgan fingerprint density at radius 2 is 2.09 bits per heavy atom. The molecule has 0 radical (unpaired) electrons. The van der Waals surface area contributed by atoms with Gasteiger partial charge in [0.05, 0.1) is 12.7 Å². The smallest absolute Gasteiger partial charge is 0.0575 e. The minimum Gasteiger partial charge on any atom is -0.378 e. The second-order valence-electron chi connectivity index (χ2n) is 3.58. The molecular weight excluding hydrogens is 138 g/mol. The van der Waals surface area contributed by atoms with Crippen molar-refractivity contribution in [1.82, 2.24) is 0 Å². The minimum atomic E-state index is 0.524. The lowest BCUT2D eigenvalue weighted by atomic mass is 10.2. The standard InChI is InChI=1S/C9H19NO/c1-8(6-10)7-11-9-4-2-3-5-9/h8-9H,2-7,10H2,1H3/t8-/m0/s1. The molecule has 0 bridgehead atoms. The van der Waals surface area contributed by atoms with Crippen LogP contribution in [0.3, 0.4) is 0 Å². The Balaban J connectivity index is 2.01. The zero-order valence-corrected chi connectivity index (χ0v) is 7.38. The molecule has 1 aliphatic rings. The Morgan fingerprint density at radius 1 is 1.45 bits per heavy atom. The summed E-state index contributed by atoms with van der Waals surface area (Å²) in [5, 5.41) is 0.